The highest BCUT2D eigenvalue weighted by atomic mass is 19.2. The summed E-state index contributed by atoms with van der Waals surface area (Å²) in [6.07, 6.45) is 0. The molecule has 0 aliphatic heterocycles. The van der Waals surface area contributed by atoms with Crippen LogP contribution in [0.2, 0.25) is 0 Å². The van der Waals surface area contributed by atoms with Crippen LogP contribution in [-0.2, 0) is 0 Å². The van der Waals surface area contributed by atoms with Crippen molar-refractivity contribution in [1.29, 1.82) is 0 Å². The molecule has 0 unspecified atom stereocenters. The Morgan fingerprint density at radius 3 is 1.40 bits per heavy atom. The van der Waals surface area contributed by atoms with Crippen LogP contribution in [0.15, 0.2) is 0 Å². The first-order valence-electron chi connectivity index (χ1n) is 4.11. The summed E-state index contributed by atoms with van der Waals surface area (Å²) >= 11 is 0. The van der Waals surface area contributed by atoms with Gasteiger partial charge in [0.05, 0.1) is 0 Å². The lowest BCUT2D eigenvalue weighted by molar-refractivity contribution is -0.638. The maximum absolute atomic E-state index is 13.4. The highest BCUT2D eigenvalue weighted by Gasteiger charge is 3.13. The molecule has 0 aromatic rings. The van der Waals surface area contributed by atoms with Gasteiger partial charge in [-0.25, -0.2) is 8.78 Å². The number of hydrogen-bond donors (Lipinski definition) is 0. The fourth-order valence-corrected chi connectivity index (χ4v) is 5.33. The van der Waals surface area contributed by atoms with Crippen LogP contribution in [-0.4, -0.2) is 11.3 Å². The number of rotatable bonds is 0. The van der Waals surface area contributed by atoms with Crippen molar-refractivity contribution in [2.45, 2.75) is 11.3 Å². The predicted octanol–water partition coefficient (Wildman–Crippen LogP) is 1.17. The van der Waals surface area contributed by atoms with E-state index in [0.717, 1.165) is 0 Å². The molecule has 0 N–H and O–H groups in total. The molecule has 0 saturated heterocycles. The largest absolute Gasteiger partial charge is 0.243 e. The normalized spacial score (nSPS) is 104. The minimum absolute atomic E-state index is 0.106. The third-order valence-electron chi connectivity index (χ3n) is 5.36. The molecule has 0 bridgehead atoms. The van der Waals surface area contributed by atoms with Crippen LogP contribution < -0.4 is 0 Å². The molecule has 6 aliphatic carbocycles. The Hall–Kier alpha value is -0.140. The Bertz CT molecular complexity index is 252. The van der Waals surface area contributed by atoms with Gasteiger partial charge in [-0.1, -0.05) is 0 Å². The van der Waals surface area contributed by atoms with E-state index in [1.807, 2.05) is 0 Å². The lowest BCUT2D eigenvalue weighted by Crippen LogP contribution is -3.13. The van der Waals surface area contributed by atoms with Crippen LogP contribution in [0.3, 0.4) is 0 Å². The summed E-state index contributed by atoms with van der Waals surface area (Å²) in [7, 11) is 0. The summed E-state index contributed by atoms with van der Waals surface area (Å²) in [6.45, 7) is 0. The van der Waals surface area contributed by atoms with Crippen molar-refractivity contribution >= 4 is 0 Å². The molecular weight excluding hydrogens is 134 g/mol. The van der Waals surface area contributed by atoms with Gasteiger partial charge in [-0.05, 0) is 11.8 Å². The lowest BCUT2D eigenvalue weighted by atomic mass is 8.99. The number of halogens is 2. The molecule has 0 spiro atoms. The molecule has 0 heterocycles. The van der Waals surface area contributed by atoms with Gasteiger partial charge in [0, 0.05) is 23.7 Å². The zero-order chi connectivity index (χ0) is 6.46. The summed E-state index contributed by atoms with van der Waals surface area (Å²) in [4.78, 5) is 0. The Balaban J connectivity index is 1.89. The Labute approximate surface area is 56.6 Å². The minimum atomic E-state index is -0.946. The van der Waals surface area contributed by atoms with E-state index in [-0.39, 0.29) is 11.8 Å². The third-order valence-corrected chi connectivity index (χ3v) is 5.36. The van der Waals surface area contributed by atoms with E-state index in [1.54, 1.807) is 0 Å². The van der Waals surface area contributed by atoms with Gasteiger partial charge in [-0.3, -0.25) is 0 Å². The molecule has 6 rings (SSSR count). The molecular formula is C8H6F2. The van der Waals surface area contributed by atoms with Crippen molar-refractivity contribution in [2.24, 2.45) is 35.5 Å². The van der Waals surface area contributed by atoms with E-state index in [9.17, 15) is 8.78 Å². The maximum atomic E-state index is 13.4. The lowest BCUT2D eigenvalue weighted by Gasteiger charge is -3.05. The first kappa shape index (κ1) is 4.03. The van der Waals surface area contributed by atoms with Crippen molar-refractivity contribution in [3.8, 4) is 0 Å². The van der Waals surface area contributed by atoms with Gasteiger partial charge in [0.15, 0.2) is 0 Å². The zero-order valence-electron chi connectivity index (χ0n) is 5.22. The molecule has 6 saturated carbocycles. The predicted molar refractivity (Wildman–Crippen MR) is 28.6 cm³/mol. The molecule has 6 fully saturated rings. The maximum Gasteiger partial charge on any atom is 0.126 e. The van der Waals surface area contributed by atoms with E-state index >= 15 is 0 Å². The van der Waals surface area contributed by atoms with E-state index in [1.165, 1.54) is 0 Å². The second kappa shape index (κ2) is 0.614. The van der Waals surface area contributed by atoms with Gasteiger partial charge in [0.25, 0.3) is 0 Å². The van der Waals surface area contributed by atoms with Crippen LogP contribution in [0.4, 0.5) is 8.78 Å². The van der Waals surface area contributed by atoms with Crippen LogP contribution in [0.5, 0.6) is 0 Å². The van der Waals surface area contributed by atoms with Gasteiger partial charge in [-0.2, -0.15) is 0 Å². The van der Waals surface area contributed by atoms with Gasteiger partial charge in [-0.15, -0.1) is 0 Å². The molecule has 2 heteroatoms. The van der Waals surface area contributed by atoms with Crippen molar-refractivity contribution in [1.82, 2.24) is 0 Å². The summed E-state index contributed by atoms with van der Waals surface area (Å²) in [6, 6.07) is 0. The van der Waals surface area contributed by atoms with Crippen molar-refractivity contribution in [2.75, 3.05) is 0 Å². The second-order valence-corrected chi connectivity index (χ2v) is 4.82. The Morgan fingerprint density at radius 1 is 0.800 bits per heavy atom. The first-order valence-corrected chi connectivity index (χ1v) is 4.11. The summed E-state index contributed by atoms with van der Waals surface area (Å²) < 4.78 is 26.9. The highest BCUT2D eigenvalue weighted by Crippen LogP contribution is 3.05. The second-order valence-electron chi connectivity index (χ2n) is 4.82. The van der Waals surface area contributed by atoms with Crippen molar-refractivity contribution in [3.63, 3.8) is 0 Å². The molecule has 52 valence electrons. The summed E-state index contributed by atoms with van der Waals surface area (Å²) in [5.74, 6) is 1.53. The van der Waals surface area contributed by atoms with Crippen molar-refractivity contribution < 1.29 is 8.78 Å². The molecule has 10 heavy (non-hydrogen) atoms. The fraction of sp³-hybridized carbons (Fsp3) is 1.00. The molecule has 0 aromatic carbocycles. The standard InChI is InChI=1S/C8H6F2/c9-7-3-1-4-2(3)6(7)8(4,10)5(1)7/h1-6H. The highest BCUT2D eigenvalue weighted by molar-refractivity contribution is 5.58. The average molecular weight is 140 g/mol. The van der Waals surface area contributed by atoms with E-state index < -0.39 is 11.3 Å². The SMILES string of the molecule is FC12C3C4C5C3C1C5(F)C42. The molecule has 6 aliphatic rings. The summed E-state index contributed by atoms with van der Waals surface area (Å²) in [5.41, 5.74) is -1.89. The smallest absolute Gasteiger partial charge is 0.126 e. The topological polar surface area (TPSA) is 0 Å². The van der Waals surface area contributed by atoms with Gasteiger partial charge < -0.3 is 0 Å². The average Bonchev–Trinajstić information content (AvgIpc) is 1.86. The van der Waals surface area contributed by atoms with E-state index in [0.29, 0.717) is 23.7 Å². The number of alkyl halides is 2. The fourth-order valence-electron chi connectivity index (χ4n) is 5.33. The monoisotopic (exact) mass is 140 g/mol. The quantitative estimate of drug-likeness (QED) is 0.473. The van der Waals surface area contributed by atoms with E-state index in [4.69, 9.17) is 0 Å². The zero-order valence-corrected chi connectivity index (χ0v) is 5.22. The minimum Gasteiger partial charge on any atom is -0.243 e. The Morgan fingerprint density at radius 2 is 1.20 bits per heavy atom. The summed E-state index contributed by atoms with van der Waals surface area (Å²) in [5, 5.41) is 0. The first-order chi connectivity index (χ1) is 4.73. The van der Waals surface area contributed by atoms with Gasteiger partial charge in [0.1, 0.15) is 11.3 Å². The van der Waals surface area contributed by atoms with Crippen LogP contribution in [0.25, 0.3) is 0 Å². The number of hydrogen-bond acceptors (Lipinski definition) is 0. The molecule has 0 atom stereocenters. The Kier molecular flexibility index (Phi) is 0.247. The van der Waals surface area contributed by atoms with Gasteiger partial charge >= 0.3 is 0 Å². The third kappa shape index (κ3) is 0.103. The molecule has 0 amide bonds. The molecule has 0 aromatic heterocycles. The molecule has 0 nitrogen and oxygen atoms in total. The van der Waals surface area contributed by atoms with Gasteiger partial charge in [0.2, 0.25) is 0 Å². The molecule has 0 radical (unpaired) electrons. The van der Waals surface area contributed by atoms with E-state index in [2.05, 4.69) is 0 Å². The van der Waals surface area contributed by atoms with Crippen LogP contribution in [0.1, 0.15) is 0 Å². The van der Waals surface area contributed by atoms with Crippen LogP contribution >= 0.6 is 0 Å². The van der Waals surface area contributed by atoms with Crippen molar-refractivity contribution in [3.05, 3.63) is 0 Å². The van der Waals surface area contributed by atoms with Crippen LogP contribution in [0, 0.1) is 35.5 Å².